The Labute approximate surface area is 143 Å². The maximum Gasteiger partial charge on any atom is 0.387 e. The highest BCUT2D eigenvalue weighted by molar-refractivity contribution is 5.43. The molecule has 1 saturated heterocycles. The highest BCUT2D eigenvalue weighted by Gasteiger charge is 2.18. The molecule has 0 aromatic heterocycles. The number of piperidine rings is 1. The molecule has 24 heavy (non-hydrogen) atoms. The van der Waals surface area contributed by atoms with Gasteiger partial charge in [0.2, 0.25) is 0 Å². The van der Waals surface area contributed by atoms with E-state index >= 15 is 0 Å². The van der Waals surface area contributed by atoms with E-state index in [4.69, 9.17) is 4.74 Å². The fourth-order valence-electron chi connectivity index (χ4n) is 3.02. The smallest absolute Gasteiger partial charge is 0.387 e. The van der Waals surface area contributed by atoms with Gasteiger partial charge in [0.1, 0.15) is 0 Å². The lowest BCUT2D eigenvalue weighted by Gasteiger charge is -2.32. The fraction of sp³-hybridized carbons (Fsp3) is 0.667. The van der Waals surface area contributed by atoms with Crippen molar-refractivity contribution in [2.45, 2.75) is 51.8 Å². The molecule has 1 aromatic rings. The Morgan fingerprint density at radius 3 is 2.62 bits per heavy atom. The zero-order valence-corrected chi connectivity index (χ0v) is 14.6. The van der Waals surface area contributed by atoms with Crippen LogP contribution in [0.25, 0.3) is 0 Å². The molecule has 1 aliphatic heterocycles. The molecule has 4 nitrogen and oxygen atoms in total. The topological polar surface area (TPSA) is 33.7 Å². The van der Waals surface area contributed by atoms with Crippen molar-refractivity contribution < 1.29 is 18.3 Å². The number of hydrogen-bond donors (Lipinski definition) is 1. The van der Waals surface area contributed by atoms with Crippen LogP contribution in [0, 0.1) is 0 Å². The van der Waals surface area contributed by atoms with Gasteiger partial charge in [0, 0.05) is 12.6 Å². The Morgan fingerprint density at radius 2 is 2.00 bits per heavy atom. The first-order valence-electron chi connectivity index (χ1n) is 8.69. The van der Waals surface area contributed by atoms with Crippen molar-refractivity contribution in [2.24, 2.45) is 0 Å². The summed E-state index contributed by atoms with van der Waals surface area (Å²) >= 11 is 0. The number of unbranched alkanes of at least 4 members (excludes halogenated alkanes) is 1. The number of hydrogen-bond acceptors (Lipinski definition) is 4. The Hall–Kier alpha value is -1.40. The van der Waals surface area contributed by atoms with Crippen molar-refractivity contribution in [3.05, 3.63) is 23.8 Å². The SMILES string of the molecule is CCCCN1CCC(NCc2ccc(OC)c(OC(F)F)c2)CC1. The maximum atomic E-state index is 12.5. The molecule has 0 spiro atoms. The normalized spacial score (nSPS) is 16.5. The summed E-state index contributed by atoms with van der Waals surface area (Å²) in [4.78, 5) is 2.52. The van der Waals surface area contributed by atoms with Gasteiger partial charge < -0.3 is 19.7 Å². The number of ether oxygens (including phenoxy) is 2. The highest BCUT2D eigenvalue weighted by atomic mass is 19.3. The Balaban J connectivity index is 1.82. The van der Waals surface area contributed by atoms with Gasteiger partial charge in [-0.25, -0.2) is 0 Å². The average molecular weight is 342 g/mol. The number of benzene rings is 1. The zero-order valence-electron chi connectivity index (χ0n) is 14.6. The largest absolute Gasteiger partial charge is 0.493 e. The van der Waals surface area contributed by atoms with E-state index in [-0.39, 0.29) is 5.75 Å². The van der Waals surface area contributed by atoms with Crippen LogP contribution >= 0.6 is 0 Å². The molecule has 0 radical (unpaired) electrons. The molecule has 136 valence electrons. The quantitative estimate of drug-likeness (QED) is 0.743. The Morgan fingerprint density at radius 1 is 1.25 bits per heavy atom. The van der Waals surface area contributed by atoms with E-state index < -0.39 is 6.61 Å². The predicted molar refractivity (Wildman–Crippen MR) is 90.8 cm³/mol. The van der Waals surface area contributed by atoms with Crippen molar-refractivity contribution in [3.63, 3.8) is 0 Å². The Bertz CT molecular complexity index is 492. The van der Waals surface area contributed by atoms with E-state index in [1.54, 1.807) is 12.1 Å². The first-order chi connectivity index (χ1) is 11.6. The van der Waals surface area contributed by atoms with Crippen LogP contribution in [0.4, 0.5) is 8.78 Å². The second-order valence-electron chi connectivity index (χ2n) is 6.21. The van der Waals surface area contributed by atoms with Gasteiger partial charge in [0.05, 0.1) is 7.11 Å². The van der Waals surface area contributed by atoms with Crippen LogP contribution in [-0.4, -0.2) is 44.3 Å². The van der Waals surface area contributed by atoms with Gasteiger partial charge in [-0.15, -0.1) is 0 Å². The van der Waals surface area contributed by atoms with E-state index in [0.717, 1.165) is 31.5 Å². The summed E-state index contributed by atoms with van der Waals surface area (Å²) in [6.07, 6.45) is 4.75. The van der Waals surface area contributed by atoms with Gasteiger partial charge in [-0.1, -0.05) is 19.4 Å². The zero-order chi connectivity index (χ0) is 17.4. The summed E-state index contributed by atoms with van der Waals surface area (Å²) in [5, 5.41) is 3.52. The standard InChI is InChI=1S/C18H28F2N2O2/c1-3-4-9-22-10-7-15(8-11-22)21-13-14-5-6-16(23-2)17(12-14)24-18(19)20/h5-6,12,15,18,21H,3-4,7-11,13H2,1-2H3. The molecule has 0 aliphatic carbocycles. The lowest BCUT2D eigenvalue weighted by Crippen LogP contribution is -2.42. The summed E-state index contributed by atoms with van der Waals surface area (Å²) in [6.45, 7) is 3.45. The second kappa shape index (κ2) is 9.79. The van der Waals surface area contributed by atoms with Gasteiger partial charge in [-0.3, -0.25) is 0 Å². The molecule has 1 aliphatic rings. The van der Waals surface area contributed by atoms with Crippen molar-refractivity contribution in [2.75, 3.05) is 26.7 Å². The molecule has 0 bridgehead atoms. The number of nitrogens with one attached hydrogen (secondary N) is 1. The Kier molecular flexibility index (Phi) is 7.72. The number of alkyl halides is 2. The number of rotatable bonds is 9. The second-order valence-corrected chi connectivity index (χ2v) is 6.21. The molecule has 0 saturated carbocycles. The van der Waals surface area contributed by atoms with Crippen molar-refractivity contribution in [1.29, 1.82) is 0 Å². The summed E-state index contributed by atoms with van der Waals surface area (Å²) in [6, 6.07) is 5.64. The molecular formula is C18H28F2N2O2. The molecule has 2 rings (SSSR count). The molecule has 6 heteroatoms. The molecule has 0 unspecified atom stereocenters. The molecule has 0 atom stereocenters. The van der Waals surface area contributed by atoms with Crippen molar-refractivity contribution in [3.8, 4) is 11.5 Å². The summed E-state index contributed by atoms with van der Waals surface area (Å²) in [5.41, 5.74) is 0.917. The van der Waals surface area contributed by atoms with E-state index in [0.29, 0.717) is 18.3 Å². The van der Waals surface area contributed by atoms with Gasteiger partial charge in [0.15, 0.2) is 11.5 Å². The van der Waals surface area contributed by atoms with Crippen LogP contribution in [0.5, 0.6) is 11.5 Å². The van der Waals surface area contributed by atoms with Crippen molar-refractivity contribution in [1.82, 2.24) is 10.2 Å². The van der Waals surface area contributed by atoms with Gasteiger partial charge >= 0.3 is 6.61 Å². The predicted octanol–water partition coefficient (Wildman–Crippen LogP) is 3.65. The molecule has 1 fully saturated rings. The summed E-state index contributed by atoms with van der Waals surface area (Å²) in [7, 11) is 1.44. The highest BCUT2D eigenvalue weighted by Crippen LogP contribution is 2.29. The lowest BCUT2D eigenvalue weighted by atomic mass is 10.0. The van der Waals surface area contributed by atoms with E-state index in [1.807, 2.05) is 6.07 Å². The van der Waals surface area contributed by atoms with E-state index in [1.165, 1.54) is 26.5 Å². The van der Waals surface area contributed by atoms with Gasteiger partial charge in [-0.05, 0) is 56.6 Å². The summed E-state index contributed by atoms with van der Waals surface area (Å²) in [5.74, 6) is 0.407. The van der Waals surface area contributed by atoms with Crippen LogP contribution in [0.3, 0.4) is 0 Å². The average Bonchev–Trinajstić information content (AvgIpc) is 2.58. The molecule has 0 amide bonds. The van der Waals surface area contributed by atoms with Crippen LogP contribution in [0.15, 0.2) is 18.2 Å². The van der Waals surface area contributed by atoms with Crippen LogP contribution in [-0.2, 0) is 6.54 Å². The molecule has 1 N–H and O–H groups in total. The lowest BCUT2D eigenvalue weighted by molar-refractivity contribution is -0.0512. The fourth-order valence-corrected chi connectivity index (χ4v) is 3.02. The maximum absolute atomic E-state index is 12.5. The van der Waals surface area contributed by atoms with Crippen molar-refractivity contribution >= 4 is 0 Å². The summed E-state index contributed by atoms with van der Waals surface area (Å²) < 4.78 is 34.5. The number of nitrogens with zero attached hydrogens (tertiary/aromatic N) is 1. The first-order valence-corrected chi connectivity index (χ1v) is 8.69. The van der Waals surface area contributed by atoms with Crippen LogP contribution in [0.2, 0.25) is 0 Å². The van der Waals surface area contributed by atoms with Gasteiger partial charge in [0.25, 0.3) is 0 Å². The number of methoxy groups -OCH3 is 1. The third-order valence-corrected chi connectivity index (χ3v) is 4.45. The minimum atomic E-state index is -2.85. The third kappa shape index (κ3) is 5.91. The molecular weight excluding hydrogens is 314 g/mol. The minimum Gasteiger partial charge on any atom is -0.493 e. The first kappa shape index (κ1) is 18.9. The minimum absolute atomic E-state index is 0.0844. The number of halogens is 2. The third-order valence-electron chi connectivity index (χ3n) is 4.45. The van der Waals surface area contributed by atoms with Crippen LogP contribution in [0.1, 0.15) is 38.2 Å². The van der Waals surface area contributed by atoms with Gasteiger partial charge in [-0.2, -0.15) is 8.78 Å². The monoisotopic (exact) mass is 342 g/mol. The molecule has 1 heterocycles. The van der Waals surface area contributed by atoms with E-state index in [2.05, 4.69) is 21.9 Å². The molecule has 1 aromatic carbocycles. The van der Waals surface area contributed by atoms with E-state index in [9.17, 15) is 8.78 Å². The number of likely N-dealkylation sites (tertiary alicyclic amines) is 1. The van der Waals surface area contributed by atoms with Crippen LogP contribution < -0.4 is 14.8 Å².